The molecule has 11 rings (SSSR count). The average molecular weight is 700 g/mol. The predicted octanol–water partition coefficient (Wildman–Crippen LogP) is 13.0. The Bertz CT molecular complexity index is 3070. The van der Waals surface area contributed by atoms with Crippen LogP contribution in [-0.4, -0.2) is 8.07 Å². The van der Waals surface area contributed by atoms with Crippen LogP contribution in [0.25, 0.3) is 75.1 Å². The molecule has 246 valence electrons. The highest BCUT2D eigenvalue weighted by Gasteiger charge is 2.39. The van der Waals surface area contributed by atoms with Crippen LogP contribution in [0.15, 0.2) is 168 Å². The second-order valence-electron chi connectivity index (χ2n) is 14.5. The van der Waals surface area contributed by atoms with Gasteiger partial charge in [-0.3, -0.25) is 0 Å². The number of benzene rings is 8. The number of thiophene rings is 1. The van der Waals surface area contributed by atoms with Gasteiger partial charge >= 0.3 is 0 Å². The Hall–Kier alpha value is -5.94. The lowest BCUT2D eigenvalue weighted by molar-refractivity contribution is 0.669. The summed E-state index contributed by atoms with van der Waals surface area (Å²) in [6.45, 7) is 5.01. The normalized spacial score (nSPS) is 13.3. The number of anilines is 3. The van der Waals surface area contributed by atoms with Gasteiger partial charge < -0.3 is 9.32 Å². The van der Waals surface area contributed by atoms with E-state index in [2.05, 4.69) is 182 Å². The fourth-order valence-electron chi connectivity index (χ4n) is 8.76. The topological polar surface area (TPSA) is 16.4 Å². The first-order chi connectivity index (χ1) is 25.5. The van der Waals surface area contributed by atoms with E-state index < -0.39 is 8.07 Å². The van der Waals surface area contributed by atoms with Crippen LogP contribution in [0.3, 0.4) is 0 Å². The standard InChI is InChI=1S/C48H33NOSSi/c1-52(2)45-26-25-42-47(39-17-5-7-19-41(39)50-42)48(45)40-24-22-34(29-46(40)52)49(33-21-23-38-37-16-6-8-20-43(37)51-44(38)28-33)32-14-9-13-31(27-32)36-18-10-12-30-11-3-4-15-35(30)36/h3-29H,1-2H3. The van der Waals surface area contributed by atoms with Crippen LogP contribution in [-0.2, 0) is 0 Å². The molecule has 0 fully saturated rings. The van der Waals surface area contributed by atoms with E-state index >= 15 is 0 Å². The van der Waals surface area contributed by atoms with Crippen molar-refractivity contribution in [2.24, 2.45) is 0 Å². The van der Waals surface area contributed by atoms with Crippen molar-refractivity contribution in [2.75, 3.05) is 4.90 Å². The molecule has 8 aromatic carbocycles. The molecule has 0 saturated heterocycles. The maximum Gasteiger partial charge on any atom is 0.136 e. The summed E-state index contributed by atoms with van der Waals surface area (Å²) in [4.78, 5) is 2.47. The number of nitrogens with zero attached hydrogens (tertiary/aromatic N) is 1. The lowest BCUT2D eigenvalue weighted by Gasteiger charge is -2.28. The molecule has 0 N–H and O–H groups in total. The van der Waals surface area contributed by atoms with E-state index in [-0.39, 0.29) is 0 Å². The summed E-state index contributed by atoms with van der Waals surface area (Å²) >= 11 is 1.87. The highest BCUT2D eigenvalue weighted by molar-refractivity contribution is 7.25. The molecule has 0 atom stereocenters. The van der Waals surface area contributed by atoms with Crippen LogP contribution in [0, 0.1) is 0 Å². The van der Waals surface area contributed by atoms with Crippen molar-refractivity contribution in [2.45, 2.75) is 13.1 Å². The Kier molecular flexibility index (Phi) is 6.31. The Morgan fingerprint density at radius 3 is 2.12 bits per heavy atom. The molecule has 0 saturated carbocycles. The van der Waals surface area contributed by atoms with Gasteiger partial charge in [0.1, 0.15) is 19.2 Å². The average Bonchev–Trinajstić information content (AvgIpc) is 3.82. The SMILES string of the molecule is C[Si]1(C)c2cc(N(c3cccc(-c4cccc5ccccc45)c3)c3ccc4c(c3)sc3ccccc34)ccc2-c2c1ccc1oc3ccccc3c21. The molecule has 2 nitrogen and oxygen atoms in total. The van der Waals surface area contributed by atoms with Gasteiger partial charge in [-0.1, -0.05) is 122 Å². The first-order valence-corrected chi connectivity index (χ1v) is 21.7. The Balaban J connectivity index is 1.13. The second-order valence-corrected chi connectivity index (χ2v) is 19.9. The summed E-state index contributed by atoms with van der Waals surface area (Å²) in [5, 5.41) is 10.5. The fraction of sp³-hybridized carbons (Fsp3) is 0.0417. The summed E-state index contributed by atoms with van der Waals surface area (Å²) < 4.78 is 9.00. The quantitative estimate of drug-likeness (QED) is 0.170. The van der Waals surface area contributed by atoms with Crippen LogP contribution < -0.4 is 15.3 Å². The Morgan fingerprint density at radius 1 is 0.481 bits per heavy atom. The molecule has 10 aromatic rings. The zero-order chi connectivity index (χ0) is 34.6. The first kappa shape index (κ1) is 29.8. The summed E-state index contributed by atoms with van der Waals surface area (Å²) in [7, 11) is -2.06. The molecule has 52 heavy (non-hydrogen) atoms. The van der Waals surface area contributed by atoms with Crippen molar-refractivity contribution in [3.05, 3.63) is 164 Å². The summed E-state index contributed by atoms with van der Waals surface area (Å²) in [6, 6.07) is 60.3. The van der Waals surface area contributed by atoms with E-state index in [0.717, 1.165) is 22.5 Å². The van der Waals surface area contributed by atoms with Gasteiger partial charge in [-0.2, -0.15) is 0 Å². The monoisotopic (exact) mass is 699 g/mol. The predicted molar refractivity (Wildman–Crippen MR) is 226 cm³/mol. The molecule has 0 aliphatic carbocycles. The lowest BCUT2D eigenvalue weighted by Crippen LogP contribution is -2.49. The van der Waals surface area contributed by atoms with E-state index in [1.807, 2.05) is 11.3 Å². The number of para-hydroxylation sites is 1. The molecule has 0 radical (unpaired) electrons. The zero-order valence-corrected chi connectivity index (χ0v) is 30.7. The van der Waals surface area contributed by atoms with E-state index in [0.29, 0.717) is 0 Å². The molecule has 4 heteroatoms. The second kappa shape index (κ2) is 11.0. The van der Waals surface area contributed by atoms with Crippen LogP contribution in [0.2, 0.25) is 13.1 Å². The summed E-state index contributed by atoms with van der Waals surface area (Å²) in [6.07, 6.45) is 0. The third-order valence-electron chi connectivity index (χ3n) is 11.2. The van der Waals surface area contributed by atoms with Gasteiger partial charge in [0.05, 0.1) is 0 Å². The molecule has 1 aliphatic heterocycles. The van der Waals surface area contributed by atoms with Gasteiger partial charge in [0.15, 0.2) is 0 Å². The molecule has 2 aromatic heterocycles. The molecule has 0 amide bonds. The minimum atomic E-state index is -2.06. The van der Waals surface area contributed by atoms with Crippen LogP contribution in [0.5, 0.6) is 0 Å². The Morgan fingerprint density at radius 2 is 1.19 bits per heavy atom. The largest absolute Gasteiger partial charge is 0.456 e. The fourth-order valence-corrected chi connectivity index (χ4v) is 13.0. The Labute approximate surface area is 306 Å². The van der Waals surface area contributed by atoms with Crippen LogP contribution in [0.4, 0.5) is 17.1 Å². The van der Waals surface area contributed by atoms with Crippen molar-refractivity contribution in [1.29, 1.82) is 0 Å². The van der Waals surface area contributed by atoms with E-state index in [4.69, 9.17) is 4.42 Å². The number of furan rings is 1. The third kappa shape index (κ3) is 4.29. The van der Waals surface area contributed by atoms with E-state index in [1.165, 1.54) is 80.0 Å². The van der Waals surface area contributed by atoms with E-state index in [9.17, 15) is 0 Å². The van der Waals surface area contributed by atoms with Gasteiger partial charge in [-0.15, -0.1) is 11.3 Å². The minimum Gasteiger partial charge on any atom is -0.456 e. The van der Waals surface area contributed by atoms with Gasteiger partial charge in [0.2, 0.25) is 0 Å². The van der Waals surface area contributed by atoms with Gasteiger partial charge in [-0.05, 0) is 98.0 Å². The molecular weight excluding hydrogens is 667 g/mol. The zero-order valence-electron chi connectivity index (χ0n) is 28.9. The smallest absolute Gasteiger partial charge is 0.136 e. The number of rotatable bonds is 4. The highest BCUT2D eigenvalue weighted by atomic mass is 32.1. The molecular formula is C48H33NOSSi. The van der Waals surface area contributed by atoms with Crippen molar-refractivity contribution in [3.8, 4) is 22.3 Å². The number of hydrogen-bond acceptors (Lipinski definition) is 3. The van der Waals surface area contributed by atoms with Crippen molar-refractivity contribution in [1.82, 2.24) is 0 Å². The molecule has 0 unspecified atom stereocenters. The molecule has 0 bridgehead atoms. The van der Waals surface area contributed by atoms with Crippen molar-refractivity contribution >= 4 is 99.7 Å². The van der Waals surface area contributed by atoms with E-state index in [1.54, 1.807) is 0 Å². The number of fused-ring (bicyclic) bond motifs is 11. The minimum absolute atomic E-state index is 0.948. The van der Waals surface area contributed by atoms with Crippen molar-refractivity contribution < 1.29 is 4.42 Å². The van der Waals surface area contributed by atoms with Crippen molar-refractivity contribution in [3.63, 3.8) is 0 Å². The van der Waals surface area contributed by atoms with Crippen LogP contribution >= 0.6 is 11.3 Å². The maximum atomic E-state index is 6.38. The molecule has 3 heterocycles. The maximum absolute atomic E-state index is 6.38. The summed E-state index contributed by atoms with van der Waals surface area (Å²) in [5.74, 6) is 0. The lowest BCUT2D eigenvalue weighted by atomic mass is 9.97. The number of hydrogen-bond donors (Lipinski definition) is 0. The molecule has 1 aliphatic rings. The van der Waals surface area contributed by atoms with Gasteiger partial charge in [0, 0.05) is 48.0 Å². The first-order valence-electron chi connectivity index (χ1n) is 17.9. The summed E-state index contributed by atoms with van der Waals surface area (Å²) in [5.41, 5.74) is 10.5. The van der Waals surface area contributed by atoms with Crippen LogP contribution in [0.1, 0.15) is 0 Å². The third-order valence-corrected chi connectivity index (χ3v) is 15.9. The van der Waals surface area contributed by atoms with Gasteiger partial charge in [0.25, 0.3) is 0 Å². The van der Waals surface area contributed by atoms with Gasteiger partial charge in [-0.25, -0.2) is 0 Å². The molecule has 0 spiro atoms. The highest BCUT2D eigenvalue weighted by Crippen LogP contribution is 2.44.